The molecule has 2 atom stereocenters. The van der Waals surface area contributed by atoms with Crippen LogP contribution in [0.5, 0.6) is 11.5 Å². The van der Waals surface area contributed by atoms with Gasteiger partial charge in [-0.3, -0.25) is 19.7 Å². The Kier molecular flexibility index (Phi) is 4.38. The van der Waals surface area contributed by atoms with Gasteiger partial charge in [0.2, 0.25) is 12.0 Å². The van der Waals surface area contributed by atoms with E-state index >= 15 is 0 Å². The second-order valence-corrected chi connectivity index (χ2v) is 6.34. The van der Waals surface area contributed by atoms with Gasteiger partial charge in [-0.1, -0.05) is 5.16 Å². The summed E-state index contributed by atoms with van der Waals surface area (Å²) >= 11 is 0. The molecule has 2 aromatic rings. The van der Waals surface area contributed by atoms with Crippen LogP contribution in [-0.4, -0.2) is 42.8 Å². The SMILES string of the molecule is COc1ccc(C2=NO[C@H]3C(=O)N(c4ccc([N+](=O)[O-])cc4)C(=O)[C@H]23)cc1OC. The van der Waals surface area contributed by atoms with E-state index in [4.69, 9.17) is 14.3 Å². The highest BCUT2D eigenvalue weighted by Gasteiger charge is 2.56. The Morgan fingerprint density at radius 3 is 2.34 bits per heavy atom. The molecule has 0 N–H and O–H groups in total. The minimum Gasteiger partial charge on any atom is -0.493 e. The van der Waals surface area contributed by atoms with Gasteiger partial charge in [-0.2, -0.15) is 0 Å². The number of carbonyl (C=O) groups is 2. The number of imide groups is 1. The Morgan fingerprint density at radius 1 is 1.03 bits per heavy atom. The second-order valence-electron chi connectivity index (χ2n) is 6.34. The zero-order valence-electron chi connectivity index (χ0n) is 15.4. The summed E-state index contributed by atoms with van der Waals surface area (Å²) in [5, 5.41) is 14.8. The van der Waals surface area contributed by atoms with Crippen LogP contribution < -0.4 is 14.4 Å². The quantitative estimate of drug-likeness (QED) is 0.429. The Bertz CT molecular complexity index is 1050. The number of benzene rings is 2. The maximum Gasteiger partial charge on any atom is 0.278 e. The van der Waals surface area contributed by atoms with Crippen molar-refractivity contribution in [2.75, 3.05) is 19.1 Å². The molecule has 0 unspecified atom stereocenters. The second kappa shape index (κ2) is 6.89. The molecule has 0 radical (unpaired) electrons. The number of non-ortho nitro benzene ring substituents is 1. The van der Waals surface area contributed by atoms with Crippen molar-refractivity contribution in [3.8, 4) is 11.5 Å². The van der Waals surface area contributed by atoms with Crippen LogP contribution in [0.25, 0.3) is 0 Å². The maximum absolute atomic E-state index is 13.0. The molecule has 0 saturated carbocycles. The zero-order chi connectivity index (χ0) is 20.7. The van der Waals surface area contributed by atoms with Gasteiger partial charge in [-0.15, -0.1) is 0 Å². The van der Waals surface area contributed by atoms with Crippen LogP contribution in [0.15, 0.2) is 47.6 Å². The van der Waals surface area contributed by atoms with Crippen LogP contribution in [0, 0.1) is 16.0 Å². The monoisotopic (exact) mass is 397 g/mol. The van der Waals surface area contributed by atoms with E-state index in [1.807, 2.05) is 0 Å². The number of nitro groups is 1. The lowest BCUT2D eigenvalue weighted by molar-refractivity contribution is -0.384. The number of rotatable bonds is 5. The summed E-state index contributed by atoms with van der Waals surface area (Å²) in [5.41, 5.74) is 0.952. The topological polar surface area (TPSA) is 121 Å². The van der Waals surface area contributed by atoms with Crippen LogP contribution >= 0.6 is 0 Å². The van der Waals surface area contributed by atoms with Gasteiger partial charge in [0.15, 0.2) is 11.5 Å². The van der Waals surface area contributed by atoms with E-state index in [0.717, 1.165) is 4.90 Å². The molecule has 0 aromatic heterocycles. The highest BCUT2D eigenvalue weighted by atomic mass is 16.7. The number of hydrogen-bond acceptors (Lipinski definition) is 8. The van der Waals surface area contributed by atoms with Crippen LogP contribution in [0.1, 0.15) is 5.56 Å². The van der Waals surface area contributed by atoms with Crippen LogP contribution in [-0.2, 0) is 14.4 Å². The lowest BCUT2D eigenvalue weighted by Crippen LogP contribution is -2.33. The molecule has 4 rings (SSSR count). The first-order valence-corrected chi connectivity index (χ1v) is 8.54. The van der Waals surface area contributed by atoms with Crippen LogP contribution in [0.2, 0.25) is 0 Å². The summed E-state index contributed by atoms with van der Waals surface area (Å²) in [6.45, 7) is 0. The smallest absolute Gasteiger partial charge is 0.278 e. The fourth-order valence-corrected chi connectivity index (χ4v) is 3.39. The third kappa shape index (κ3) is 2.85. The van der Waals surface area contributed by atoms with E-state index in [2.05, 4.69) is 5.16 Å². The molecule has 0 spiro atoms. The standard InChI is InChI=1S/C19H15N3O7/c1-27-13-8-3-10(9-14(13)28-2)16-15-17(29-20-16)19(24)21(18(15)23)11-4-6-12(7-5-11)22(25)26/h3-9,15,17H,1-2H3/t15-,17-/m1/s1. The molecule has 2 heterocycles. The maximum atomic E-state index is 13.0. The van der Waals surface area contributed by atoms with Crippen molar-refractivity contribution >= 4 is 28.9 Å². The number of anilines is 1. The summed E-state index contributed by atoms with van der Waals surface area (Å²) < 4.78 is 10.5. The van der Waals surface area contributed by atoms with Gasteiger partial charge in [0.05, 0.1) is 24.8 Å². The molecule has 0 bridgehead atoms. The number of oxime groups is 1. The number of methoxy groups -OCH3 is 2. The van der Waals surface area contributed by atoms with E-state index in [-0.39, 0.29) is 11.4 Å². The van der Waals surface area contributed by atoms with Crippen molar-refractivity contribution in [1.29, 1.82) is 0 Å². The lowest BCUT2D eigenvalue weighted by atomic mass is 9.94. The summed E-state index contributed by atoms with van der Waals surface area (Å²) in [6.07, 6.45) is -1.08. The number of carbonyl (C=O) groups excluding carboxylic acids is 2. The van der Waals surface area contributed by atoms with Crippen molar-refractivity contribution in [2.45, 2.75) is 6.10 Å². The number of nitrogens with zero attached hydrogens (tertiary/aromatic N) is 3. The van der Waals surface area contributed by atoms with Gasteiger partial charge in [-0.05, 0) is 30.3 Å². The van der Waals surface area contributed by atoms with E-state index in [9.17, 15) is 19.7 Å². The minimum absolute atomic E-state index is 0.142. The highest BCUT2D eigenvalue weighted by molar-refractivity contribution is 6.32. The van der Waals surface area contributed by atoms with Gasteiger partial charge >= 0.3 is 0 Å². The number of amides is 2. The molecule has 2 aliphatic heterocycles. The molecule has 1 fully saturated rings. The van der Waals surface area contributed by atoms with E-state index in [1.165, 1.54) is 38.5 Å². The molecule has 2 amide bonds. The molecule has 0 aliphatic carbocycles. The highest BCUT2D eigenvalue weighted by Crippen LogP contribution is 2.37. The lowest BCUT2D eigenvalue weighted by Gasteiger charge is -2.15. The van der Waals surface area contributed by atoms with Gasteiger partial charge < -0.3 is 14.3 Å². The van der Waals surface area contributed by atoms with Gasteiger partial charge in [0.1, 0.15) is 11.6 Å². The number of nitro benzene ring substituents is 1. The third-order valence-electron chi connectivity index (χ3n) is 4.81. The Labute approximate surface area is 164 Å². The predicted molar refractivity (Wildman–Crippen MR) is 100 cm³/mol. The minimum atomic E-state index is -1.08. The van der Waals surface area contributed by atoms with E-state index < -0.39 is 28.8 Å². The summed E-state index contributed by atoms with van der Waals surface area (Å²) in [7, 11) is 2.99. The molecular formula is C19H15N3O7. The molecule has 2 aromatic carbocycles. The molecule has 148 valence electrons. The fourth-order valence-electron chi connectivity index (χ4n) is 3.39. The van der Waals surface area contributed by atoms with E-state index in [0.29, 0.717) is 22.8 Å². The van der Waals surface area contributed by atoms with Crippen molar-refractivity contribution in [2.24, 2.45) is 11.1 Å². The Balaban J connectivity index is 1.66. The molecular weight excluding hydrogens is 382 g/mol. The van der Waals surface area contributed by atoms with Crippen molar-refractivity contribution in [3.63, 3.8) is 0 Å². The molecule has 10 heteroatoms. The summed E-state index contributed by atoms with van der Waals surface area (Å²) in [4.78, 5) is 42.3. The zero-order valence-corrected chi connectivity index (χ0v) is 15.4. The number of ether oxygens (including phenoxy) is 2. The normalized spacial score (nSPS) is 20.2. The van der Waals surface area contributed by atoms with Crippen molar-refractivity contribution in [1.82, 2.24) is 0 Å². The predicted octanol–water partition coefficient (Wildman–Crippen LogP) is 1.90. The van der Waals surface area contributed by atoms with Gasteiger partial charge in [0.25, 0.3) is 11.6 Å². The van der Waals surface area contributed by atoms with E-state index in [1.54, 1.807) is 18.2 Å². The number of fused-ring (bicyclic) bond motifs is 1. The average molecular weight is 397 g/mol. The first-order valence-electron chi connectivity index (χ1n) is 8.54. The van der Waals surface area contributed by atoms with Gasteiger partial charge in [-0.25, -0.2) is 4.90 Å². The summed E-state index contributed by atoms with van der Waals surface area (Å²) in [6, 6.07) is 10.2. The summed E-state index contributed by atoms with van der Waals surface area (Å²) in [5.74, 6) is -1.06. The molecule has 29 heavy (non-hydrogen) atoms. The molecule has 10 nitrogen and oxygen atoms in total. The van der Waals surface area contributed by atoms with Crippen molar-refractivity contribution < 1.29 is 28.8 Å². The van der Waals surface area contributed by atoms with Crippen molar-refractivity contribution in [3.05, 3.63) is 58.1 Å². The molecule has 1 saturated heterocycles. The van der Waals surface area contributed by atoms with Crippen LogP contribution in [0.4, 0.5) is 11.4 Å². The Morgan fingerprint density at radius 2 is 1.72 bits per heavy atom. The molecule has 2 aliphatic rings. The Hall–Kier alpha value is -3.95. The largest absolute Gasteiger partial charge is 0.493 e. The average Bonchev–Trinajstić information content (AvgIpc) is 3.27. The first kappa shape index (κ1) is 18.4. The number of hydrogen-bond donors (Lipinski definition) is 0. The van der Waals surface area contributed by atoms with Crippen LogP contribution in [0.3, 0.4) is 0 Å². The van der Waals surface area contributed by atoms with Gasteiger partial charge in [0, 0.05) is 17.7 Å². The first-order chi connectivity index (χ1) is 14.0. The fraction of sp³-hybridized carbons (Fsp3) is 0.211. The third-order valence-corrected chi connectivity index (χ3v) is 4.81.